The standard InChI is InChI=1S/C16H12BrClN4O/c1-10-20-21-15(9-18)22(10)14-6-5-11(17)8-12(14)16(23)13-4-2-3-7-19-13/h2-8H,9H2,1H3. The Kier molecular flexibility index (Phi) is 4.54. The van der Waals surface area contributed by atoms with Crippen LogP contribution in [0.4, 0.5) is 0 Å². The van der Waals surface area contributed by atoms with E-state index in [0.717, 1.165) is 4.47 Å². The summed E-state index contributed by atoms with van der Waals surface area (Å²) in [5.74, 6) is 1.28. The predicted molar refractivity (Wildman–Crippen MR) is 91.0 cm³/mol. The molecule has 0 saturated carbocycles. The lowest BCUT2D eigenvalue weighted by atomic mass is 10.1. The van der Waals surface area contributed by atoms with Gasteiger partial charge in [-0.2, -0.15) is 0 Å². The Hall–Kier alpha value is -2.05. The number of pyridine rings is 1. The molecule has 0 aliphatic rings. The minimum absolute atomic E-state index is 0.171. The van der Waals surface area contributed by atoms with E-state index in [-0.39, 0.29) is 11.7 Å². The maximum absolute atomic E-state index is 12.9. The van der Waals surface area contributed by atoms with Gasteiger partial charge in [-0.25, -0.2) is 0 Å². The highest BCUT2D eigenvalue weighted by molar-refractivity contribution is 9.10. The lowest BCUT2D eigenvalue weighted by Gasteiger charge is -2.13. The first-order valence-electron chi connectivity index (χ1n) is 6.84. The molecule has 0 fully saturated rings. The van der Waals surface area contributed by atoms with Gasteiger partial charge in [-0.15, -0.1) is 21.8 Å². The summed E-state index contributed by atoms with van der Waals surface area (Å²) in [6.07, 6.45) is 1.60. The highest BCUT2D eigenvalue weighted by Crippen LogP contribution is 2.25. The molecule has 0 bridgehead atoms. The fourth-order valence-corrected chi connectivity index (χ4v) is 2.86. The summed E-state index contributed by atoms with van der Waals surface area (Å²) in [7, 11) is 0. The van der Waals surface area contributed by atoms with E-state index in [1.54, 1.807) is 35.0 Å². The van der Waals surface area contributed by atoms with Gasteiger partial charge in [0.2, 0.25) is 5.78 Å². The second-order valence-electron chi connectivity index (χ2n) is 4.84. The monoisotopic (exact) mass is 390 g/mol. The third kappa shape index (κ3) is 3.04. The summed E-state index contributed by atoms with van der Waals surface area (Å²) >= 11 is 9.36. The molecule has 0 unspecified atom stereocenters. The summed E-state index contributed by atoms with van der Waals surface area (Å²) in [6.45, 7) is 1.82. The van der Waals surface area contributed by atoms with E-state index in [1.807, 2.05) is 19.1 Å². The van der Waals surface area contributed by atoms with Gasteiger partial charge in [-0.05, 0) is 37.3 Å². The van der Waals surface area contributed by atoms with Crippen LogP contribution in [-0.4, -0.2) is 25.5 Å². The predicted octanol–water partition coefficient (Wildman–Crippen LogP) is 3.70. The molecule has 0 radical (unpaired) electrons. The number of aryl methyl sites for hydroxylation is 1. The van der Waals surface area contributed by atoms with Gasteiger partial charge in [-0.1, -0.05) is 22.0 Å². The summed E-state index contributed by atoms with van der Waals surface area (Å²) in [6, 6.07) is 10.7. The molecule has 2 heterocycles. The van der Waals surface area contributed by atoms with Crippen LogP contribution in [0.15, 0.2) is 47.1 Å². The van der Waals surface area contributed by atoms with Crippen molar-refractivity contribution in [2.45, 2.75) is 12.8 Å². The fraction of sp³-hybridized carbons (Fsp3) is 0.125. The van der Waals surface area contributed by atoms with Crippen molar-refractivity contribution in [3.63, 3.8) is 0 Å². The molecule has 5 nitrogen and oxygen atoms in total. The molecule has 0 amide bonds. The van der Waals surface area contributed by atoms with Crippen LogP contribution in [0.3, 0.4) is 0 Å². The van der Waals surface area contributed by atoms with Crippen molar-refractivity contribution in [3.8, 4) is 5.69 Å². The van der Waals surface area contributed by atoms with Crippen molar-refractivity contribution in [2.24, 2.45) is 0 Å². The topological polar surface area (TPSA) is 60.7 Å². The van der Waals surface area contributed by atoms with Crippen LogP contribution in [-0.2, 0) is 5.88 Å². The van der Waals surface area contributed by atoms with E-state index in [2.05, 4.69) is 31.1 Å². The first-order valence-corrected chi connectivity index (χ1v) is 8.17. The van der Waals surface area contributed by atoms with E-state index in [9.17, 15) is 4.79 Å². The molecule has 0 saturated heterocycles. The molecule has 7 heteroatoms. The molecular weight excluding hydrogens is 380 g/mol. The van der Waals surface area contributed by atoms with Crippen LogP contribution in [0.2, 0.25) is 0 Å². The molecule has 23 heavy (non-hydrogen) atoms. The number of hydrogen-bond donors (Lipinski definition) is 0. The number of carbonyl (C=O) groups excluding carboxylic acids is 1. The molecule has 3 aromatic rings. The summed E-state index contributed by atoms with van der Waals surface area (Å²) in [5, 5.41) is 8.10. The van der Waals surface area contributed by atoms with E-state index in [4.69, 9.17) is 11.6 Å². The van der Waals surface area contributed by atoms with E-state index >= 15 is 0 Å². The van der Waals surface area contributed by atoms with E-state index < -0.39 is 0 Å². The second-order valence-corrected chi connectivity index (χ2v) is 6.02. The molecule has 1 aromatic carbocycles. The highest BCUT2D eigenvalue weighted by atomic mass is 79.9. The lowest BCUT2D eigenvalue weighted by Crippen LogP contribution is -2.11. The number of ketones is 1. The average Bonchev–Trinajstić information content (AvgIpc) is 2.95. The number of alkyl halides is 1. The zero-order valence-corrected chi connectivity index (χ0v) is 14.5. The first-order chi connectivity index (χ1) is 11.1. The number of carbonyl (C=O) groups is 1. The number of halogens is 2. The maximum Gasteiger partial charge on any atom is 0.213 e. The Labute approximate surface area is 146 Å². The normalized spacial score (nSPS) is 10.7. The molecular formula is C16H12BrClN4O. The van der Waals surface area contributed by atoms with Crippen molar-refractivity contribution < 1.29 is 4.79 Å². The summed E-state index contributed by atoms with van der Waals surface area (Å²) in [5.41, 5.74) is 1.57. The van der Waals surface area contributed by atoms with Crippen LogP contribution in [0, 0.1) is 6.92 Å². The molecule has 0 spiro atoms. The second kappa shape index (κ2) is 6.60. The summed E-state index contributed by atoms with van der Waals surface area (Å²) in [4.78, 5) is 17.0. The van der Waals surface area contributed by atoms with Crippen LogP contribution in [0.25, 0.3) is 5.69 Å². The quantitative estimate of drug-likeness (QED) is 0.502. The molecule has 0 aliphatic carbocycles. The third-order valence-corrected chi connectivity index (χ3v) is 4.09. The SMILES string of the molecule is Cc1nnc(CCl)n1-c1ccc(Br)cc1C(=O)c1ccccn1. The molecule has 2 aromatic heterocycles. The average molecular weight is 392 g/mol. The van der Waals surface area contributed by atoms with Gasteiger partial charge in [0.25, 0.3) is 0 Å². The van der Waals surface area contributed by atoms with Gasteiger partial charge in [-0.3, -0.25) is 14.3 Å². The zero-order valence-electron chi connectivity index (χ0n) is 12.2. The van der Waals surface area contributed by atoms with Crippen molar-refractivity contribution in [2.75, 3.05) is 0 Å². The maximum atomic E-state index is 12.9. The van der Waals surface area contributed by atoms with Gasteiger partial charge in [0.15, 0.2) is 5.82 Å². The van der Waals surface area contributed by atoms with Crippen LogP contribution < -0.4 is 0 Å². The Bertz CT molecular complexity index is 864. The van der Waals surface area contributed by atoms with Crippen molar-refractivity contribution in [3.05, 3.63) is 70.0 Å². The van der Waals surface area contributed by atoms with E-state index in [1.165, 1.54) is 0 Å². The Morgan fingerprint density at radius 2 is 2.09 bits per heavy atom. The first kappa shape index (κ1) is 15.8. The van der Waals surface area contributed by atoms with Gasteiger partial charge < -0.3 is 0 Å². The van der Waals surface area contributed by atoms with Gasteiger partial charge in [0, 0.05) is 16.2 Å². The third-order valence-electron chi connectivity index (χ3n) is 3.35. The van der Waals surface area contributed by atoms with E-state index in [0.29, 0.717) is 28.6 Å². The van der Waals surface area contributed by atoms with Crippen LogP contribution in [0.5, 0.6) is 0 Å². The number of benzene rings is 1. The zero-order chi connectivity index (χ0) is 16.4. The van der Waals surface area contributed by atoms with Gasteiger partial charge >= 0.3 is 0 Å². The van der Waals surface area contributed by atoms with Crippen LogP contribution in [0.1, 0.15) is 27.7 Å². The number of nitrogens with zero attached hydrogens (tertiary/aromatic N) is 4. The van der Waals surface area contributed by atoms with Crippen LogP contribution >= 0.6 is 27.5 Å². The van der Waals surface area contributed by atoms with Gasteiger partial charge in [0.1, 0.15) is 11.5 Å². The molecule has 3 rings (SSSR count). The summed E-state index contributed by atoms with van der Waals surface area (Å²) < 4.78 is 2.59. The Morgan fingerprint density at radius 1 is 1.26 bits per heavy atom. The highest BCUT2D eigenvalue weighted by Gasteiger charge is 2.20. The molecule has 0 N–H and O–H groups in total. The smallest absolute Gasteiger partial charge is 0.213 e. The Morgan fingerprint density at radius 3 is 2.78 bits per heavy atom. The number of rotatable bonds is 4. The Balaban J connectivity index is 2.20. The minimum Gasteiger partial charge on any atom is -0.287 e. The molecule has 0 aliphatic heterocycles. The largest absolute Gasteiger partial charge is 0.287 e. The van der Waals surface area contributed by atoms with Crippen molar-refractivity contribution >= 4 is 33.3 Å². The van der Waals surface area contributed by atoms with Gasteiger partial charge in [0.05, 0.1) is 11.6 Å². The molecule has 116 valence electrons. The van der Waals surface area contributed by atoms with Crippen molar-refractivity contribution in [1.82, 2.24) is 19.7 Å². The number of hydrogen-bond acceptors (Lipinski definition) is 4. The minimum atomic E-state index is -0.171. The fourth-order valence-electron chi connectivity index (χ4n) is 2.33. The lowest BCUT2D eigenvalue weighted by molar-refractivity contribution is 0.103. The molecule has 0 atom stereocenters. The van der Waals surface area contributed by atoms with Crippen molar-refractivity contribution in [1.29, 1.82) is 0 Å². The number of aromatic nitrogens is 4.